The van der Waals surface area contributed by atoms with Gasteiger partial charge in [-0.25, -0.2) is 9.37 Å². The molecule has 0 saturated heterocycles. The first-order valence-electron chi connectivity index (χ1n) is 10.5. The Kier molecular flexibility index (Phi) is 6.46. The summed E-state index contributed by atoms with van der Waals surface area (Å²) in [4.78, 5) is 30.3. The molecule has 7 nitrogen and oxygen atoms in total. The van der Waals surface area contributed by atoms with Crippen LogP contribution in [0.1, 0.15) is 10.4 Å². The summed E-state index contributed by atoms with van der Waals surface area (Å²) in [6, 6.07) is 15.2. The number of rotatable bonds is 8. The number of hydrogen-bond donors (Lipinski definition) is 2. The Balaban J connectivity index is 1.74. The Labute approximate surface area is 190 Å². The average molecular weight is 445 g/mol. The van der Waals surface area contributed by atoms with Crippen LogP contribution in [0.15, 0.2) is 67.0 Å². The normalized spacial score (nSPS) is 11.0. The second-order valence-electron chi connectivity index (χ2n) is 7.89. The lowest BCUT2D eigenvalue weighted by Gasteiger charge is -2.12. The summed E-state index contributed by atoms with van der Waals surface area (Å²) in [5.41, 5.74) is 4.76. The van der Waals surface area contributed by atoms with E-state index in [4.69, 9.17) is 0 Å². The molecule has 0 spiro atoms. The highest BCUT2D eigenvalue weighted by Crippen LogP contribution is 2.30. The fraction of sp³-hybridized carbons (Fsp3) is 0.160. The molecule has 33 heavy (non-hydrogen) atoms. The van der Waals surface area contributed by atoms with Crippen molar-refractivity contribution in [1.29, 1.82) is 0 Å². The second kappa shape index (κ2) is 9.62. The van der Waals surface area contributed by atoms with Crippen LogP contribution >= 0.6 is 0 Å². The van der Waals surface area contributed by atoms with Crippen LogP contribution in [0.2, 0.25) is 0 Å². The minimum atomic E-state index is -0.324. The second-order valence-corrected chi connectivity index (χ2v) is 7.89. The van der Waals surface area contributed by atoms with E-state index in [0.29, 0.717) is 29.9 Å². The van der Waals surface area contributed by atoms with Crippen LogP contribution < -0.4 is 10.6 Å². The lowest BCUT2D eigenvalue weighted by Crippen LogP contribution is -2.31. The molecule has 0 fully saturated rings. The van der Waals surface area contributed by atoms with Crippen molar-refractivity contribution in [2.45, 2.75) is 0 Å². The summed E-state index contributed by atoms with van der Waals surface area (Å²) in [5, 5.41) is 5.61. The quantitative estimate of drug-likeness (QED) is 0.406. The minimum Gasteiger partial charge on any atom is -0.351 e. The molecule has 4 aromatic rings. The van der Waals surface area contributed by atoms with Gasteiger partial charge in [0.2, 0.25) is 6.41 Å². The van der Waals surface area contributed by atoms with Crippen LogP contribution in [0.4, 0.5) is 10.1 Å². The van der Waals surface area contributed by atoms with Crippen molar-refractivity contribution in [3.8, 4) is 22.4 Å². The first-order valence-corrected chi connectivity index (χ1v) is 10.5. The molecular weight excluding hydrogens is 421 g/mol. The number of likely N-dealkylation sites (N-methyl/N-ethyl adjacent to an activating group) is 1. The van der Waals surface area contributed by atoms with E-state index >= 15 is 0 Å². The van der Waals surface area contributed by atoms with Crippen LogP contribution in [0.3, 0.4) is 0 Å². The van der Waals surface area contributed by atoms with Crippen molar-refractivity contribution in [3.05, 3.63) is 78.4 Å². The summed E-state index contributed by atoms with van der Waals surface area (Å²) in [6.07, 6.45) is 4.17. The highest BCUT2D eigenvalue weighted by atomic mass is 19.1. The van der Waals surface area contributed by atoms with Crippen molar-refractivity contribution in [3.63, 3.8) is 0 Å². The summed E-state index contributed by atoms with van der Waals surface area (Å²) in [6.45, 7) is 1.30. The number of imidazole rings is 1. The van der Waals surface area contributed by atoms with Crippen molar-refractivity contribution in [1.82, 2.24) is 19.6 Å². The van der Waals surface area contributed by atoms with Crippen LogP contribution in [0.5, 0.6) is 0 Å². The summed E-state index contributed by atoms with van der Waals surface area (Å²) < 4.78 is 15.3. The number of fused-ring (bicyclic) bond motifs is 1. The highest BCUT2D eigenvalue weighted by Gasteiger charge is 2.14. The van der Waals surface area contributed by atoms with E-state index in [2.05, 4.69) is 15.6 Å². The zero-order valence-corrected chi connectivity index (χ0v) is 18.4. The predicted molar refractivity (Wildman–Crippen MR) is 127 cm³/mol. The molecule has 0 aliphatic heterocycles. The Hall–Kier alpha value is -4.04. The molecule has 0 saturated carbocycles. The average Bonchev–Trinajstić information content (AvgIpc) is 3.24. The van der Waals surface area contributed by atoms with E-state index in [1.165, 1.54) is 12.1 Å². The standard InChI is InChI=1S/C25H24FN5O2/c1-30(2)11-10-27-25(33)19-5-3-4-18(12-19)23-14-28-24-22(29-16-32)13-20(15-31(23)24)17-6-8-21(26)9-7-17/h3-9,12-16H,10-11H2,1-2H3,(H,27,33)(H,29,32). The molecule has 0 atom stereocenters. The fourth-order valence-electron chi connectivity index (χ4n) is 3.59. The molecule has 8 heteroatoms. The Morgan fingerprint density at radius 1 is 1.09 bits per heavy atom. The monoisotopic (exact) mass is 445 g/mol. The summed E-state index contributed by atoms with van der Waals surface area (Å²) in [7, 11) is 3.90. The number of anilines is 1. The van der Waals surface area contributed by atoms with E-state index < -0.39 is 0 Å². The Morgan fingerprint density at radius 2 is 1.88 bits per heavy atom. The number of nitrogens with zero attached hydrogens (tertiary/aromatic N) is 3. The van der Waals surface area contributed by atoms with Gasteiger partial charge >= 0.3 is 0 Å². The number of nitrogens with one attached hydrogen (secondary N) is 2. The molecule has 168 valence electrons. The van der Waals surface area contributed by atoms with Gasteiger partial charge in [0.05, 0.1) is 17.6 Å². The van der Waals surface area contributed by atoms with Crippen molar-refractivity contribution >= 4 is 23.7 Å². The molecule has 2 aromatic heterocycles. The molecule has 4 rings (SSSR count). The van der Waals surface area contributed by atoms with E-state index in [-0.39, 0.29) is 11.7 Å². The highest BCUT2D eigenvalue weighted by molar-refractivity contribution is 5.95. The van der Waals surface area contributed by atoms with Crippen molar-refractivity contribution in [2.24, 2.45) is 0 Å². The van der Waals surface area contributed by atoms with Gasteiger partial charge in [0.25, 0.3) is 5.91 Å². The number of benzene rings is 2. The largest absolute Gasteiger partial charge is 0.351 e. The van der Waals surface area contributed by atoms with Crippen molar-refractivity contribution in [2.75, 3.05) is 32.5 Å². The first kappa shape index (κ1) is 22.2. The molecule has 0 bridgehead atoms. The molecule has 0 aliphatic rings. The number of halogens is 1. The van der Waals surface area contributed by atoms with Gasteiger partial charge in [0, 0.05) is 36.0 Å². The minimum absolute atomic E-state index is 0.150. The first-order chi connectivity index (χ1) is 16.0. The zero-order chi connectivity index (χ0) is 23.4. The summed E-state index contributed by atoms with van der Waals surface area (Å²) >= 11 is 0. The van der Waals surface area contributed by atoms with Crippen LogP contribution in [-0.2, 0) is 4.79 Å². The maximum absolute atomic E-state index is 13.4. The smallest absolute Gasteiger partial charge is 0.251 e. The fourth-order valence-corrected chi connectivity index (χ4v) is 3.59. The van der Waals surface area contributed by atoms with Gasteiger partial charge in [-0.05, 0) is 50.0 Å². The number of carbonyl (C=O) groups is 2. The topological polar surface area (TPSA) is 78.7 Å². The van der Waals surface area contributed by atoms with Crippen molar-refractivity contribution < 1.29 is 14.0 Å². The number of carbonyl (C=O) groups excluding carboxylic acids is 2. The van der Waals surface area contributed by atoms with Gasteiger partial charge in [-0.3, -0.25) is 14.0 Å². The van der Waals surface area contributed by atoms with E-state index in [1.807, 2.05) is 47.8 Å². The zero-order valence-electron chi connectivity index (χ0n) is 18.4. The molecule has 0 aliphatic carbocycles. The molecule has 0 radical (unpaired) electrons. The number of pyridine rings is 1. The van der Waals surface area contributed by atoms with E-state index in [9.17, 15) is 14.0 Å². The molecule has 2 amide bonds. The third-order valence-corrected chi connectivity index (χ3v) is 5.26. The van der Waals surface area contributed by atoms with E-state index in [1.54, 1.807) is 30.5 Å². The lowest BCUT2D eigenvalue weighted by atomic mass is 10.1. The Morgan fingerprint density at radius 3 is 2.61 bits per heavy atom. The molecule has 2 aromatic carbocycles. The molecule has 2 N–H and O–H groups in total. The molecular formula is C25H24FN5O2. The van der Waals surface area contributed by atoms with Crippen LogP contribution in [0.25, 0.3) is 28.0 Å². The van der Waals surface area contributed by atoms with Gasteiger partial charge in [-0.2, -0.15) is 0 Å². The van der Waals surface area contributed by atoms with Gasteiger partial charge in [-0.15, -0.1) is 0 Å². The van der Waals surface area contributed by atoms with Gasteiger partial charge < -0.3 is 15.5 Å². The SMILES string of the molecule is CN(C)CCNC(=O)c1cccc(-c2cnc3c(NC=O)cc(-c4ccc(F)cc4)cn23)c1. The predicted octanol–water partition coefficient (Wildman–Crippen LogP) is 3.67. The Bertz CT molecular complexity index is 1300. The lowest BCUT2D eigenvalue weighted by molar-refractivity contribution is -0.105. The molecule has 0 unspecified atom stereocenters. The van der Waals surface area contributed by atoms with Crippen LogP contribution in [0, 0.1) is 5.82 Å². The third kappa shape index (κ3) is 4.91. The number of amides is 2. The van der Waals surface area contributed by atoms with Gasteiger partial charge in [0.1, 0.15) is 5.82 Å². The maximum Gasteiger partial charge on any atom is 0.251 e. The van der Waals surface area contributed by atoms with Gasteiger partial charge in [-0.1, -0.05) is 24.3 Å². The number of aromatic nitrogens is 2. The summed E-state index contributed by atoms with van der Waals surface area (Å²) in [5.74, 6) is -0.474. The third-order valence-electron chi connectivity index (χ3n) is 5.26. The molecule has 2 heterocycles. The van der Waals surface area contributed by atoms with Gasteiger partial charge in [0.15, 0.2) is 5.65 Å². The maximum atomic E-state index is 13.4. The van der Waals surface area contributed by atoms with E-state index in [0.717, 1.165) is 28.9 Å². The van der Waals surface area contributed by atoms with Crippen LogP contribution in [-0.4, -0.2) is 53.8 Å². The number of hydrogen-bond acceptors (Lipinski definition) is 4.